The molecule has 1 amide bonds. The van der Waals surface area contributed by atoms with Gasteiger partial charge in [-0.05, 0) is 38.3 Å². The predicted molar refractivity (Wildman–Crippen MR) is 120 cm³/mol. The molecule has 2 saturated heterocycles. The van der Waals surface area contributed by atoms with Crippen LogP contribution in [0.5, 0.6) is 0 Å². The minimum Gasteiger partial charge on any atom is -0.450 e. The number of likely N-dealkylation sites (tertiary alicyclic amines) is 1. The highest BCUT2D eigenvalue weighted by molar-refractivity contribution is 5.75. The maximum absolute atomic E-state index is 14.3. The largest absolute Gasteiger partial charge is 0.450 e. The summed E-state index contributed by atoms with van der Waals surface area (Å²) < 4.78 is 33.5. The molecule has 1 aliphatic carbocycles. The highest BCUT2D eigenvalue weighted by Gasteiger charge is 2.51. The van der Waals surface area contributed by atoms with Gasteiger partial charge in [0.2, 0.25) is 5.95 Å². The van der Waals surface area contributed by atoms with Crippen LogP contribution in [0.1, 0.15) is 26.2 Å². The van der Waals surface area contributed by atoms with E-state index in [9.17, 15) is 13.6 Å². The first kappa shape index (κ1) is 22.0. The molecule has 0 N–H and O–H groups in total. The van der Waals surface area contributed by atoms with Crippen molar-refractivity contribution >= 4 is 11.8 Å². The third-order valence-electron chi connectivity index (χ3n) is 7.27. The second-order valence-electron chi connectivity index (χ2n) is 9.34. The van der Waals surface area contributed by atoms with Crippen LogP contribution in [0.3, 0.4) is 0 Å². The molecule has 2 aromatic heterocycles. The molecule has 0 bridgehead atoms. The Kier molecular flexibility index (Phi) is 5.90. The molecule has 9 heteroatoms. The van der Waals surface area contributed by atoms with E-state index < -0.39 is 11.8 Å². The quantitative estimate of drug-likeness (QED) is 0.655. The number of pyridine rings is 2. The lowest BCUT2D eigenvalue weighted by atomic mass is 9.78. The van der Waals surface area contributed by atoms with Gasteiger partial charge in [0.25, 0.3) is 0 Å². The molecule has 0 radical (unpaired) electrons. The molecule has 4 heterocycles. The first-order valence-corrected chi connectivity index (χ1v) is 11.7. The van der Waals surface area contributed by atoms with Crippen LogP contribution in [0.15, 0.2) is 30.6 Å². The highest BCUT2D eigenvalue weighted by Crippen LogP contribution is 2.47. The van der Waals surface area contributed by atoms with Gasteiger partial charge in [0.15, 0.2) is 0 Å². The summed E-state index contributed by atoms with van der Waals surface area (Å²) in [4.78, 5) is 26.2. The van der Waals surface area contributed by atoms with Crippen molar-refractivity contribution in [2.45, 2.75) is 32.2 Å². The zero-order chi connectivity index (χ0) is 23.0. The van der Waals surface area contributed by atoms with Crippen LogP contribution in [-0.4, -0.2) is 77.8 Å². The van der Waals surface area contributed by atoms with Crippen molar-refractivity contribution in [2.75, 3.05) is 50.8 Å². The fraction of sp³-hybridized carbons (Fsp3) is 0.542. The van der Waals surface area contributed by atoms with Gasteiger partial charge < -0.3 is 14.5 Å². The van der Waals surface area contributed by atoms with E-state index in [0.717, 1.165) is 64.7 Å². The minimum absolute atomic E-state index is 0.204. The Morgan fingerprint density at radius 2 is 2.00 bits per heavy atom. The third kappa shape index (κ3) is 4.26. The molecule has 2 aromatic rings. The van der Waals surface area contributed by atoms with Crippen molar-refractivity contribution in [1.29, 1.82) is 0 Å². The summed E-state index contributed by atoms with van der Waals surface area (Å²) in [6.07, 6.45) is 5.66. The monoisotopic (exact) mass is 457 g/mol. The summed E-state index contributed by atoms with van der Waals surface area (Å²) in [5.74, 6) is -1.04. The average molecular weight is 458 g/mol. The molecule has 3 fully saturated rings. The number of piperazine rings is 1. The lowest BCUT2D eigenvalue weighted by molar-refractivity contribution is -0.00294. The summed E-state index contributed by atoms with van der Waals surface area (Å²) in [6.45, 7) is 6.97. The van der Waals surface area contributed by atoms with Crippen molar-refractivity contribution in [3.05, 3.63) is 42.4 Å². The Hall–Kier alpha value is -2.81. The van der Waals surface area contributed by atoms with E-state index in [-0.39, 0.29) is 17.1 Å². The number of amides is 1. The summed E-state index contributed by atoms with van der Waals surface area (Å²) in [7, 11) is 0. The van der Waals surface area contributed by atoms with Crippen LogP contribution in [0, 0.1) is 17.2 Å². The van der Waals surface area contributed by atoms with Gasteiger partial charge in [-0.15, -0.1) is 0 Å². The van der Waals surface area contributed by atoms with Gasteiger partial charge in [-0.25, -0.2) is 14.2 Å². The normalized spacial score (nSPS) is 22.5. The van der Waals surface area contributed by atoms with E-state index in [0.29, 0.717) is 24.0 Å². The molecule has 176 valence electrons. The lowest BCUT2D eigenvalue weighted by Gasteiger charge is -2.48. The molecular formula is C24H29F2N5O2. The zero-order valence-electron chi connectivity index (χ0n) is 18.8. The van der Waals surface area contributed by atoms with Gasteiger partial charge >= 0.3 is 6.09 Å². The second-order valence-corrected chi connectivity index (χ2v) is 9.34. The van der Waals surface area contributed by atoms with E-state index in [1.807, 2.05) is 6.92 Å². The zero-order valence-corrected chi connectivity index (χ0v) is 18.8. The number of nitrogens with zero attached hydrogens (tertiary/aromatic N) is 5. The number of carbonyl (C=O) groups is 1. The van der Waals surface area contributed by atoms with Gasteiger partial charge in [-0.3, -0.25) is 9.88 Å². The van der Waals surface area contributed by atoms with E-state index in [2.05, 4.69) is 19.8 Å². The van der Waals surface area contributed by atoms with E-state index in [1.54, 1.807) is 17.0 Å². The van der Waals surface area contributed by atoms with Crippen molar-refractivity contribution < 1.29 is 18.3 Å². The molecule has 1 spiro atoms. The Labute approximate surface area is 192 Å². The minimum atomic E-state index is -0.606. The SMILES string of the molecule is CCOC(=O)N1CC2(CC[C@@H](N3CCN(c4cc(F)cnc4-c4cccnc4F)CC3)C2)C1. The van der Waals surface area contributed by atoms with Crippen LogP contribution in [-0.2, 0) is 4.74 Å². The van der Waals surface area contributed by atoms with Gasteiger partial charge in [0.1, 0.15) is 5.82 Å². The Balaban J connectivity index is 1.22. The van der Waals surface area contributed by atoms with E-state index >= 15 is 0 Å². The summed E-state index contributed by atoms with van der Waals surface area (Å²) in [5.41, 5.74) is 1.53. The summed E-state index contributed by atoms with van der Waals surface area (Å²) in [6, 6.07) is 5.22. The number of anilines is 1. The van der Waals surface area contributed by atoms with Crippen LogP contribution in [0.25, 0.3) is 11.3 Å². The number of aromatic nitrogens is 2. The fourth-order valence-corrected chi connectivity index (χ4v) is 5.65. The van der Waals surface area contributed by atoms with Gasteiger partial charge in [-0.2, -0.15) is 4.39 Å². The topological polar surface area (TPSA) is 61.8 Å². The van der Waals surface area contributed by atoms with Crippen LogP contribution < -0.4 is 4.90 Å². The molecule has 1 atom stereocenters. The average Bonchev–Trinajstić information content (AvgIpc) is 3.25. The number of hydrogen-bond acceptors (Lipinski definition) is 6. The number of carbonyl (C=O) groups excluding carboxylic acids is 1. The van der Waals surface area contributed by atoms with Crippen molar-refractivity contribution in [1.82, 2.24) is 19.8 Å². The second kappa shape index (κ2) is 8.85. The van der Waals surface area contributed by atoms with Crippen LogP contribution in [0.4, 0.5) is 19.3 Å². The van der Waals surface area contributed by atoms with Crippen LogP contribution >= 0.6 is 0 Å². The molecule has 0 aromatic carbocycles. The van der Waals surface area contributed by atoms with E-state index in [1.165, 1.54) is 12.3 Å². The summed E-state index contributed by atoms with van der Waals surface area (Å²) in [5, 5.41) is 0. The van der Waals surface area contributed by atoms with Gasteiger partial charge in [0.05, 0.1) is 29.7 Å². The number of hydrogen-bond donors (Lipinski definition) is 0. The molecule has 5 rings (SSSR count). The maximum atomic E-state index is 14.3. The number of halogens is 2. The molecule has 3 aliphatic rings. The Bertz CT molecular complexity index is 1020. The molecule has 2 aliphatic heterocycles. The van der Waals surface area contributed by atoms with E-state index in [4.69, 9.17) is 4.74 Å². The van der Waals surface area contributed by atoms with Crippen molar-refractivity contribution in [3.8, 4) is 11.3 Å². The molecule has 7 nitrogen and oxygen atoms in total. The molecule has 33 heavy (non-hydrogen) atoms. The lowest BCUT2D eigenvalue weighted by Crippen LogP contribution is -2.58. The standard InChI is InChI=1S/C24H29F2N5O2/c1-2-33-23(32)31-15-24(16-31)6-5-18(13-24)29-8-10-30(11-9-29)20-12-17(25)14-28-21(20)19-4-3-7-27-22(19)26/h3-4,7,12,14,18H,2,5-6,8-11,13,15-16H2,1H3/t18-/m1/s1. The Morgan fingerprint density at radius 3 is 2.73 bits per heavy atom. The smallest absolute Gasteiger partial charge is 0.409 e. The first-order chi connectivity index (χ1) is 16.0. The fourth-order valence-electron chi connectivity index (χ4n) is 5.65. The van der Waals surface area contributed by atoms with Gasteiger partial charge in [-0.1, -0.05) is 0 Å². The predicted octanol–water partition coefficient (Wildman–Crippen LogP) is 3.55. The molecular weight excluding hydrogens is 428 g/mol. The maximum Gasteiger partial charge on any atom is 0.409 e. The number of rotatable bonds is 4. The highest BCUT2D eigenvalue weighted by atomic mass is 19.1. The van der Waals surface area contributed by atoms with Crippen molar-refractivity contribution in [3.63, 3.8) is 0 Å². The van der Waals surface area contributed by atoms with Gasteiger partial charge in [0, 0.05) is 63.0 Å². The van der Waals surface area contributed by atoms with Crippen LogP contribution in [0.2, 0.25) is 0 Å². The third-order valence-corrected chi connectivity index (χ3v) is 7.27. The molecule has 1 saturated carbocycles. The number of ether oxygens (including phenoxy) is 1. The summed E-state index contributed by atoms with van der Waals surface area (Å²) >= 11 is 0. The Morgan fingerprint density at radius 1 is 1.21 bits per heavy atom. The van der Waals surface area contributed by atoms with Crippen molar-refractivity contribution in [2.24, 2.45) is 5.41 Å². The molecule has 0 unspecified atom stereocenters. The first-order valence-electron chi connectivity index (χ1n) is 11.7.